The van der Waals surface area contributed by atoms with E-state index in [1.54, 1.807) is 12.2 Å². The zero-order valence-electron chi connectivity index (χ0n) is 14.0. The summed E-state index contributed by atoms with van der Waals surface area (Å²) in [5, 5.41) is 2.19. The Hall–Kier alpha value is -2.50. The lowest BCUT2D eigenvalue weighted by Gasteiger charge is -2.29. The zero-order chi connectivity index (χ0) is 17.6. The van der Waals surface area contributed by atoms with E-state index in [4.69, 9.17) is 0 Å². The van der Waals surface area contributed by atoms with E-state index >= 15 is 0 Å². The van der Waals surface area contributed by atoms with Crippen molar-refractivity contribution in [2.75, 3.05) is 0 Å². The maximum Gasteiger partial charge on any atom is 0.262 e. The molecular weight excluding hydrogens is 308 g/mol. The number of rotatable bonds is 2. The molecule has 126 valence electrons. The summed E-state index contributed by atoms with van der Waals surface area (Å²) in [6, 6.07) is -0.923. The van der Waals surface area contributed by atoms with Gasteiger partial charge in [-0.2, -0.15) is 0 Å². The van der Waals surface area contributed by atoms with E-state index in [1.807, 2.05) is 19.1 Å². The van der Waals surface area contributed by atoms with Gasteiger partial charge in [0.2, 0.25) is 11.8 Å². The second kappa shape index (κ2) is 5.54. The first-order chi connectivity index (χ1) is 11.2. The molecule has 1 atom stereocenters. The Morgan fingerprint density at radius 3 is 2.08 bits per heavy atom. The summed E-state index contributed by atoms with van der Waals surface area (Å²) in [7, 11) is 0. The van der Waals surface area contributed by atoms with Crippen molar-refractivity contribution < 1.29 is 19.2 Å². The standard InChI is InChI=1S/C18H20N2O4/c1-10(2)18(3)8-6-11-12(7-9-18)17(24)20(16(11)23)13-4-5-14(21)19-15(13)22/h6-10,13H,4-5H2,1-3H3,(H,19,21,22)/t13-/m0/s1. The molecule has 6 nitrogen and oxygen atoms in total. The lowest BCUT2D eigenvalue weighted by atomic mass is 9.78. The van der Waals surface area contributed by atoms with Crippen LogP contribution in [0, 0.1) is 11.3 Å². The first-order valence-electron chi connectivity index (χ1n) is 8.09. The number of amides is 4. The van der Waals surface area contributed by atoms with E-state index in [9.17, 15) is 19.2 Å². The first kappa shape index (κ1) is 16.4. The van der Waals surface area contributed by atoms with Gasteiger partial charge < -0.3 is 0 Å². The second-order valence-corrected chi connectivity index (χ2v) is 6.96. The van der Waals surface area contributed by atoms with Gasteiger partial charge in [-0.25, -0.2) is 0 Å². The van der Waals surface area contributed by atoms with E-state index in [1.165, 1.54) is 0 Å². The van der Waals surface area contributed by atoms with Crippen molar-refractivity contribution in [1.82, 2.24) is 10.2 Å². The summed E-state index contributed by atoms with van der Waals surface area (Å²) in [6.45, 7) is 6.19. The first-order valence-corrected chi connectivity index (χ1v) is 8.09. The number of hydrogen-bond donors (Lipinski definition) is 1. The van der Waals surface area contributed by atoms with Crippen molar-refractivity contribution in [3.63, 3.8) is 0 Å². The number of hydrogen-bond acceptors (Lipinski definition) is 4. The van der Waals surface area contributed by atoms with Gasteiger partial charge in [0.1, 0.15) is 6.04 Å². The molecule has 0 spiro atoms. The molecule has 2 aliphatic heterocycles. The van der Waals surface area contributed by atoms with E-state index in [2.05, 4.69) is 19.2 Å². The van der Waals surface area contributed by atoms with Crippen LogP contribution in [0.15, 0.2) is 35.5 Å². The molecule has 1 aliphatic carbocycles. The van der Waals surface area contributed by atoms with Crippen LogP contribution in [0.4, 0.5) is 0 Å². The van der Waals surface area contributed by atoms with Crippen LogP contribution >= 0.6 is 0 Å². The fraction of sp³-hybridized carbons (Fsp3) is 0.444. The van der Waals surface area contributed by atoms with E-state index in [-0.39, 0.29) is 24.2 Å². The van der Waals surface area contributed by atoms with Crippen molar-refractivity contribution in [3.05, 3.63) is 35.5 Å². The molecule has 0 unspecified atom stereocenters. The van der Waals surface area contributed by atoms with Gasteiger partial charge in [0.05, 0.1) is 11.1 Å². The van der Waals surface area contributed by atoms with Crippen LogP contribution in [0.2, 0.25) is 0 Å². The Balaban J connectivity index is 1.91. The number of imide groups is 2. The maximum absolute atomic E-state index is 12.7. The molecule has 0 aromatic heterocycles. The molecule has 24 heavy (non-hydrogen) atoms. The average Bonchev–Trinajstić information content (AvgIpc) is 2.65. The van der Waals surface area contributed by atoms with Gasteiger partial charge in [0.15, 0.2) is 0 Å². The molecule has 4 amide bonds. The quantitative estimate of drug-likeness (QED) is 0.773. The van der Waals surface area contributed by atoms with Crippen molar-refractivity contribution in [2.24, 2.45) is 11.3 Å². The molecule has 2 heterocycles. The van der Waals surface area contributed by atoms with Crippen molar-refractivity contribution >= 4 is 23.6 Å². The largest absolute Gasteiger partial charge is 0.295 e. The van der Waals surface area contributed by atoms with Crippen LogP contribution in [-0.2, 0) is 19.2 Å². The summed E-state index contributed by atoms with van der Waals surface area (Å²) in [6.07, 6.45) is 7.50. The van der Waals surface area contributed by atoms with Gasteiger partial charge in [-0.3, -0.25) is 29.4 Å². The number of nitrogens with zero attached hydrogens (tertiary/aromatic N) is 1. The maximum atomic E-state index is 12.7. The van der Waals surface area contributed by atoms with Gasteiger partial charge in [-0.15, -0.1) is 0 Å². The molecule has 1 saturated heterocycles. The Bertz CT molecular complexity index is 706. The highest BCUT2D eigenvalue weighted by Gasteiger charge is 2.45. The summed E-state index contributed by atoms with van der Waals surface area (Å²) < 4.78 is 0. The van der Waals surface area contributed by atoms with Crippen LogP contribution in [0.25, 0.3) is 0 Å². The fourth-order valence-electron chi connectivity index (χ4n) is 3.08. The Labute approximate surface area is 140 Å². The predicted molar refractivity (Wildman–Crippen MR) is 86.3 cm³/mol. The molecule has 0 aromatic carbocycles. The van der Waals surface area contributed by atoms with E-state index in [0.717, 1.165) is 4.90 Å². The minimum atomic E-state index is -0.923. The molecule has 3 aliphatic rings. The summed E-state index contributed by atoms with van der Waals surface area (Å²) in [4.78, 5) is 49.7. The molecule has 6 heteroatoms. The molecule has 3 rings (SSSR count). The molecule has 1 N–H and O–H groups in total. The van der Waals surface area contributed by atoms with Gasteiger partial charge in [0.25, 0.3) is 11.8 Å². The average molecular weight is 328 g/mol. The second-order valence-electron chi connectivity index (χ2n) is 6.96. The van der Waals surface area contributed by atoms with E-state index < -0.39 is 23.8 Å². The molecule has 0 aromatic rings. The van der Waals surface area contributed by atoms with Crippen molar-refractivity contribution in [1.29, 1.82) is 0 Å². The minimum absolute atomic E-state index is 0.120. The number of carbonyl (C=O) groups excluding carboxylic acids is 4. The van der Waals surface area contributed by atoms with Crippen LogP contribution in [0.3, 0.4) is 0 Å². The zero-order valence-corrected chi connectivity index (χ0v) is 14.0. The smallest absolute Gasteiger partial charge is 0.262 e. The lowest BCUT2D eigenvalue weighted by molar-refractivity contribution is -0.149. The van der Waals surface area contributed by atoms with Crippen molar-refractivity contribution in [3.8, 4) is 0 Å². The number of carbonyl (C=O) groups is 4. The Kier molecular flexibility index (Phi) is 3.78. The van der Waals surface area contributed by atoms with Crippen LogP contribution in [0.1, 0.15) is 33.6 Å². The lowest BCUT2D eigenvalue weighted by Crippen LogP contribution is -2.54. The Morgan fingerprint density at radius 2 is 1.62 bits per heavy atom. The molecule has 0 radical (unpaired) electrons. The highest BCUT2D eigenvalue weighted by molar-refractivity contribution is 6.24. The molecule has 0 saturated carbocycles. The normalized spacial score (nSPS) is 26.2. The van der Waals surface area contributed by atoms with Gasteiger partial charge in [-0.05, 0) is 12.3 Å². The molecule has 1 fully saturated rings. The third-order valence-corrected chi connectivity index (χ3v) is 5.17. The van der Waals surface area contributed by atoms with Crippen LogP contribution in [-0.4, -0.2) is 34.6 Å². The highest BCUT2D eigenvalue weighted by atomic mass is 16.2. The van der Waals surface area contributed by atoms with Crippen molar-refractivity contribution in [2.45, 2.75) is 39.7 Å². The minimum Gasteiger partial charge on any atom is -0.295 e. The number of allylic oxidation sites excluding steroid dienone is 2. The van der Waals surface area contributed by atoms with Crippen LogP contribution in [0.5, 0.6) is 0 Å². The van der Waals surface area contributed by atoms with Gasteiger partial charge in [0, 0.05) is 11.8 Å². The monoisotopic (exact) mass is 328 g/mol. The van der Waals surface area contributed by atoms with Crippen LogP contribution < -0.4 is 5.32 Å². The SMILES string of the molecule is CC(C)C1(C)C=CC2=C(C=C1)C(=O)N([C@H]1CCC(=O)NC1=O)C2=O. The number of piperidine rings is 1. The molecular formula is C18H20N2O4. The molecule has 0 bridgehead atoms. The highest BCUT2D eigenvalue weighted by Crippen LogP contribution is 2.37. The Morgan fingerprint density at radius 1 is 1.08 bits per heavy atom. The predicted octanol–water partition coefficient (Wildman–Crippen LogP) is 1.25. The number of nitrogens with one attached hydrogen (secondary N) is 1. The summed E-state index contributed by atoms with van der Waals surface area (Å²) in [5.41, 5.74) is 0.375. The van der Waals surface area contributed by atoms with E-state index in [0.29, 0.717) is 17.1 Å². The summed E-state index contributed by atoms with van der Waals surface area (Å²) in [5.74, 6) is -1.61. The fourth-order valence-corrected chi connectivity index (χ4v) is 3.08. The topological polar surface area (TPSA) is 83.6 Å². The van der Waals surface area contributed by atoms with Gasteiger partial charge in [-0.1, -0.05) is 45.1 Å². The third-order valence-electron chi connectivity index (χ3n) is 5.17. The summed E-state index contributed by atoms with van der Waals surface area (Å²) >= 11 is 0. The third kappa shape index (κ3) is 2.42. The van der Waals surface area contributed by atoms with Gasteiger partial charge >= 0.3 is 0 Å².